The molecule has 0 N–H and O–H groups in total. The molecule has 0 bridgehead atoms. The molecule has 0 aliphatic carbocycles. The Hall–Kier alpha value is -0.580. The average Bonchev–Trinajstić information content (AvgIpc) is 1.82. The lowest BCUT2D eigenvalue weighted by Crippen LogP contribution is -2.17. The fourth-order valence-corrected chi connectivity index (χ4v) is 0.828. The Kier molecular flexibility index (Phi) is 4.04. The highest BCUT2D eigenvalue weighted by molar-refractivity contribution is 8.13. The predicted octanol–water partition coefficient (Wildman–Crippen LogP) is 0.948. The Morgan fingerprint density at radius 3 is 2.22 bits per heavy atom. The van der Waals surface area contributed by atoms with Crippen LogP contribution in [0.1, 0.15) is 0 Å². The molecule has 0 aromatic carbocycles. The first kappa shape index (κ1) is 8.42. The van der Waals surface area contributed by atoms with Crippen molar-refractivity contribution >= 4 is 16.9 Å². The standard InChI is InChI=1S/C4H9N3OS/c1-7(2)4(9-3)5-6-8/h1-3H3/b5-4-. The topological polar surface area (TPSA) is 45.0 Å². The highest BCUT2D eigenvalue weighted by Crippen LogP contribution is 2.00. The summed E-state index contributed by atoms with van der Waals surface area (Å²) in [4.78, 5) is 11.3. The van der Waals surface area contributed by atoms with Gasteiger partial charge in [-0.1, -0.05) is 16.9 Å². The molecule has 0 spiro atoms. The number of hydrogen-bond donors (Lipinski definition) is 0. The van der Waals surface area contributed by atoms with Crippen molar-refractivity contribution in [3.05, 3.63) is 4.91 Å². The summed E-state index contributed by atoms with van der Waals surface area (Å²) >= 11 is 1.38. The summed E-state index contributed by atoms with van der Waals surface area (Å²) in [7, 11) is 3.61. The zero-order valence-electron chi connectivity index (χ0n) is 5.66. The lowest BCUT2D eigenvalue weighted by Gasteiger charge is -2.09. The minimum atomic E-state index is 0.616. The second-order valence-corrected chi connectivity index (χ2v) is 2.34. The SMILES string of the molecule is CS/C(=N\N=O)N(C)C. The first-order chi connectivity index (χ1) is 4.22. The lowest BCUT2D eigenvalue weighted by molar-refractivity contribution is 0.633. The van der Waals surface area contributed by atoms with Crippen molar-refractivity contribution in [1.29, 1.82) is 0 Å². The van der Waals surface area contributed by atoms with E-state index in [2.05, 4.69) is 10.4 Å². The molecule has 0 aliphatic rings. The van der Waals surface area contributed by atoms with Crippen LogP contribution in [-0.2, 0) is 0 Å². The van der Waals surface area contributed by atoms with Gasteiger partial charge >= 0.3 is 0 Å². The van der Waals surface area contributed by atoms with Gasteiger partial charge in [0.1, 0.15) is 0 Å². The molecular weight excluding hydrogens is 138 g/mol. The largest absolute Gasteiger partial charge is 0.356 e. The van der Waals surface area contributed by atoms with Crippen LogP contribution in [0.25, 0.3) is 0 Å². The Morgan fingerprint density at radius 1 is 1.56 bits per heavy atom. The van der Waals surface area contributed by atoms with E-state index in [9.17, 15) is 4.91 Å². The van der Waals surface area contributed by atoms with Gasteiger partial charge in [-0.15, -0.1) is 4.91 Å². The van der Waals surface area contributed by atoms with E-state index in [0.717, 1.165) is 0 Å². The van der Waals surface area contributed by atoms with Crippen LogP contribution in [0, 0.1) is 4.91 Å². The molecule has 5 heteroatoms. The van der Waals surface area contributed by atoms with Crippen molar-refractivity contribution in [2.45, 2.75) is 0 Å². The molecule has 0 fully saturated rings. The summed E-state index contributed by atoms with van der Waals surface area (Å²) in [6, 6.07) is 0. The van der Waals surface area contributed by atoms with E-state index < -0.39 is 0 Å². The highest BCUT2D eigenvalue weighted by atomic mass is 32.2. The van der Waals surface area contributed by atoms with E-state index in [1.54, 1.807) is 19.0 Å². The van der Waals surface area contributed by atoms with E-state index in [1.807, 2.05) is 6.26 Å². The third-order valence-corrected chi connectivity index (χ3v) is 1.50. The first-order valence-electron chi connectivity index (χ1n) is 2.34. The zero-order chi connectivity index (χ0) is 7.28. The Bertz CT molecular complexity index is 123. The summed E-state index contributed by atoms with van der Waals surface area (Å²) in [5, 5.41) is 6.34. The quantitative estimate of drug-likeness (QED) is 0.240. The van der Waals surface area contributed by atoms with E-state index in [1.165, 1.54) is 11.8 Å². The van der Waals surface area contributed by atoms with Crippen molar-refractivity contribution in [2.24, 2.45) is 10.4 Å². The van der Waals surface area contributed by atoms with Crippen LogP contribution in [0.3, 0.4) is 0 Å². The number of hydrogen-bond acceptors (Lipinski definition) is 3. The number of rotatable bonds is 1. The van der Waals surface area contributed by atoms with Crippen LogP contribution in [0.4, 0.5) is 0 Å². The Balaban J connectivity index is 3.96. The Morgan fingerprint density at radius 2 is 2.11 bits per heavy atom. The van der Waals surface area contributed by atoms with Gasteiger partial charge in [0, 0.05) is 14.1 Å². The minimum Gasteiger partial charge on any atom is -0.356 e. The van der Waals surface area contributed by atoms with Crippen LogP contribution in [0.15, 0.2) is 10.4 Å². The molecule has 52 valence electrons. The number of thioether (sulfide) groups is 1. The summed E-state index contributed by atoms with van der Waals surface area (Å²) < 4.78 is 0. The van der Waals surface area contributed by atoms with Gasteiger partial charge < -0.3 is 4.90 Å². The molecule has 0 heterocycles. The van der Waals surface area contributed by atoms with Crippen molar-refractivity contribution in [3.63, 3.8) is 0 Å². The smallest absolute Gasteiger partial charge is 0.188 e. The van der Waals surface area contributed by atoms with Crippen molar-refractivity contribution in [2.75, 3.05) is 20.4 Å². The van der Waals surface area contributed by atoms with Crippen LogP contribution in [0.5, 0.6) is 0 Å². The highest BCUT2D eigenvalue weighted by Gasteiger charge is 1.96. The molecule has 4 nitrogen and oxygen atoms in total. The summed E-state index contributed by atoms with van der Waals surface area (Å²) in [6.45, 7) is 0. The zero-order valence-corrected chi connectivity index (χ0v) is 6.47. The third-order valence-electron chi connectivity index (χ3n) is 0.692. The second-order valence-electron chi connectivity index (χ2n) is 1.56. The number of nitrogens with zero attached hydrogens (tertiary/aromatic N) is 3. The van der Waals surface area contributed by atoms with E-state index in [0.29, 0.717) is 5.17 Å². The predicted molar refractivity (Wildman–Crippen MR) is 40.4 cm³/mol. The molecule has 9 heavy (non-hydrogen) atoms. The van der Waals surface area contributed by atoms with Crippen LogP contribution < -0.4 is 0 Å². The lowest BCUT2D eigenvalue weighted by atomic mass is 10.9. The molecule has 0 aromatic heterocycles. The maximum Gasteiger partial charge on any atom is 0.188 e. The molecule has 0 saturated heterocycles. The molecule has 0 saturated carbocycles. The van der Waals surface area contributed by atoms with Gasteiger partial charge in [-0.3, -0.25) is 0 Å². The van der Waals surface area contributed by atoms with Crippen LogP contribution >= 0.6 is 11.8 Å². The van der Waals surface area contributed by atoms with Crippen LogP contribution in [0.2, 0.25) is 0 Å². The maximum absolute atomic E-state index is 9.60. The molecule has 0 atom stereocenters. The van der Waals surface area contributed by atoms with Gasteiger partial charge in [0.15, 0.2) is 5.17 Å². The summed E-state index contributed by atoms with van der Waals surface area (Å²) in [5.74, 6) is 0. The van der Waals surface area contributed by atoms with Gasteiger partial charge in [0.2, 0.25) is 0 Å². The van der Waals surface area contributed by atoms with Gasteiger partial charge in [-0.25, -0.2) is 0 Å². The van der Waals surface area contributed by atoms with E-state index in [-0.39, 0.29) is 0 Å². The van der Waals surface area contributed by atoms with Crippen molar-refractivity contribution < 1.29 is 0 Å². The fraction of sp³-hybridized carbons (Fsp3) is 0.750. The fourth-order valence-electron chi connectivity index (χ4n) is 0.348. The summed E-state index contributed by atoms with van der Waals surface area (Å²) in [6.07, 6.45) is 1.84. The van der Waals surface area contributed by atoms with Gasteiger partial charge in [0.25, 0.3) is 0 Å². The van der Waals surface area contributed by atoms with Crippen molar-refractivity contribution in [1.82, 2.24) is 4.90 Å². The molecule has 0 amide bonds. The number of amidine groups is 1. The average molecular weight is 147 g/mol. The monoisotopic (exact) mass is 147 g/mol. The van der Waals surface area contributed by atoms with Gasteiger partial charge in [-0.2, -0.15) is 0 Å². The molecule has 0 aromatic rings. The van der Waals surface area contributed by atoms with Gasteiger partial charge in [-0.05, 0) is 6.26 Å². The first-order valence-corrected chi connectivity index (χ1v) is 3.56. The molecule has 0 aliphatic heterocycles. The van der Waals surface area contributed by atoms with Gasteiger partial charge in [0.05, 0.1) is 5.29 Å². The van der Waals surface area contributed by atoms with E-state index >= 15 is 0 Å². The van der Waals surface area contributed by atoms with E-state index in [4.69, 9.17) is 0 Å². The third kappa shape index (κ3) is 3.07. The molecular formula is C4H9N3OS. The maximum atomic E-state index is 9.60. The molecule has 0 rings (SSSR count). The second kappa shape index (κ2) is 4.31. The van der Waals surface area contributed by atoms with Crippen molar-refractivity contribution in [3.8, 4) is 0 Å². The normalized spacial score (nSPS) is 11.2. The van der Waals surface area contributed by atoms with Crippen LogP contribution in [-0.4, -0.2) is 30.4 Å². The summed E-state index contributed by atoms with van der Waals surface area (Å²) in [5.41, 5.74) is 0. The molecule has 0 radical (unpaired) electrons. The minimum absolute atomic E-state index is 0.616. The number of nitroso groups, excluding NO2 is 1. The molecule has 0 unspecified atom stereocenters. The Labute approximate surface area is 58.3 Å².